The molecule has 1 N–H and O–H groups in total. The van der Waals surface area contributed by atoms with Crippen LogP contribution < -0.4 is 5.32 Å². The molecule has 0 amide bonds. The van der Waals surface area contributed by atoms with Crippen LogP contribution in [0.15, 0.2) is 24.5 Å². The van der Waals surface area contributed by atoms with E-state index >= 15 is 0 Å². The maximum Gasteiger partial charge on any atom is 0.145 e. The lowest BCUT2D eigenvalue weighted by Crippen LogP contribution is -2.46. The number of halogens is 1. The van der Waals surface area contributed by atoms with Crippen molar-refractivity contribution in [3.63, 3.8) is 0 Å². The number of aryl methyl sites for hydroxylation is 2. The number of morpholine rings is 1. The molecular weight excluding hydrogens is 314 g/mol. The Hall–Kier alpha value is -1.63. The molecule has 124 valence electrons. The molecule has 6 nitrogen and oxygen atoms in total. The number of hydrogen-bond acceptors (Lipinski definition) is 5. The summed E-state index contributed by atoms with van der Waals surface area (Å²) in [5.41, 5.74) is 2.15. The smallest absolute Gasteiger partial charge is 0.145 e. The molecule has 2 aromatic heterocycles. The van der Waals surface area contributed by atoms with Gasteiger partial charge in [0.1, 0.15) is 5.82 Å². The van der Waals surface area contributed by atoms with Gasteiger partial charge in [-0.05, 0) is 31.7 Å². The average molecular weight is 336 g/mol. The van der Waals surface area contributed by atoms with E-state index in [1.165, 1.54) is 0 Å². The van der Waals surface area contributed by atoms with Gasteiger partial charge in [-0.3, -0.25) is 9.58 Å². The van der Waals surface area contributed by atoms with E-state index in [9.17, 15) is 0 Å². The van der Waals surface area contributed by atoms with E-state index < -0.39 is 0 Å². The van der Waals surface area contributed by atoms with Crippen LogP contribution in [0.1, 0.15) is 17.3 Å². The van der Waals surface area contributed by atoms with Gasteiger partial charge in [-0.1, -0.05) is 11.6 Å². The van der Waals surface area contributed by atoms with E-state index in [2.05, 4.69) is 27.3 Å². The molecule has 0 unspecified atom stereocenters. The van der Waals surface area contributed by atoms with E-state index in [1.807, 2.05) is 37.0 Å². The number of rotatable bonds is 4. The van der Waals surface area contributed by atoms with Gasteiger partial charge in [0.05, 0.1) is 29.5 Å². The minimum absolute atomic E-state index is 0.00234. The molecule has 3 heterocycles. The molecule has 2 atom stereocenters. The molecule has 0 aliphatic carbocycles. The Balaban J connectivity index is 1.77. The highest BCUT2D eigenvalue weighted by atomic mass is 35.5. The molecule has 1 fully saturated rings. The fraction of sp³-hybridized carbons (Fsp3) is 0.500. The molecule has 23 heavy (non-hydrogen) atoms. The molecule has 7 heteroatoms. The second kappa shape index (κ2) is 6.86. The zero-order chi connectivity index (χ0) is 16.4. The Morgan fingerprint density at radius 1 is 1.35 bits per heavy atom. The summed E-state index contributed by atoms with van der Waals surface area (Å²) >= 11 is 6.31. The van der Waals surface area contributed by atoms with Crippen LogP contribution in [0.4, 0.5) is 5.82 Å². The molecule has 0 aromatic carbocycles. The standard InChI is InChI=1S/C16H22ClN5O/c1-11-4-6-18-16(14(11)17)19-10-13-15(21(2)8-9-23-13)12-5-7-20-22(12)3/h4-7,13,15H,8-10H2,1-3H3,(H,18,19)/t13-,15-/m0/s1. The number of pyridine rings is 1. The summed E-state index contributed by atoms with van der Waals surface area (Å²) in [6.45, 7) is 4.22. The predicted octanol–water partition coefficient (Wildman–Crippen LogP) is 2.26. The van der Waals surface area contributed by atoms with E-state index in [4.69, 9.17) is 16.3 Å². The van der Waals surface area contributed by atoms with Gasteiger partial charge in [-0.15, -0.1) is 0 Å². The molecule has 1 aliphatic heterocycles. The number of ether oxygens (including phenoxy) is 1. The van der Waals surface area contributed by atoms with Crippen molar-refractivity contribution in [3.8, 4) is 0 Å². The summed E-state index contributed by atoms with van der Waals surface area (Å²) in [5, 5.41) is 8.28. The van der Waals surface area contributed by atoms with Gasteiger partial charge in [0, 0.05) is 32.5 Å². The second-order valence-corrected chi connectivity index (χ2v) is 6.26. The number of nitrogens with one attached hydrogen (secondary N) is 1. The quantitative estimate of drug-likeness (QED) is 0.928. The Morgan fingerprint density at radius 2 is 2.17 bits per heavy atom. The fourth-order valence-electron chi connectivity index (χ4n) is 2.98. The highest BCUT2D eigenvalue weighted by Gasteiger charge is 2.33. The van der Waals surface area contributed by atoms with Gasteiger partial charge >= 0.3 is 0 Å². The number of likely N-dealkylation sites (N-methyl/N-ethyl adjacent to an activating group) is 1. The van der Waals surface area contributed by atoms with Crippen molar-refractivity contribution in [3.05, 3.63) is 40.8 Å². The summed E-state index contributed by atoms with van der Waals surface area (Å²) in [4.78, 5) is 6.62. The largest absolute Gasteiger partial charge is 0.373 e. The van der Waals surface area contributed by atoms with Gasteiger partial charge in [0.25, 0.3) is 0 Å². The van der Waals surface area contributed by atoms with Crippen LogP contribution in [0.3, 0.4) is 0 Å². The van der Waals surface area contributed by atoms with Crippen LogP contribution >= 0.6 is 11.6 Å². The van der Waals surface area contributed by atoms with Crippen molar-refractivity contribution in [1.82, 2.24) is 19.7 Å². The molecule has 1 aliphatic rings. The third kappa shape index (κ3) is 3.34. The van der Waals surface area contributed by atoms with Crippen molar-refractivity contribution in [2.75, 3.05) is 32.1 Å². The van der Waals surface area contributed by atoms with Crippen LogP contribution in [0.25, 0.3) is 0 Å². The Kier molecular flexibility index (Phi) is 4.84. The van der Waals surface area contributed by atoms with Crippen molar-refractivity contribution in [2.45, 2.75) is 19.1 Å². The molecule has 2 aromatic rings. The first-order chi connectivity index (χ1) is 11.1. The van der Waals surface area contributed by atoms with Gasteiger partial charge in [-0.2, -0.15) is 5.10 Å². The Morgan fingerprint density at radius 3 is 2.91 bits per heavy atom. The summed E-state index contributed by atoms with van der Waals surface area (Å²) in [7, 11) is 4.08. The first-order valence-corrected chi connectivity index (χ1v) is 8.10. The predicted molar refractivity (Wildman–Crippen MR) is 90.8 cm³/mol. The van der Waals surface area contributed by atoms with Crippen LogP contribution in [-0.2, 0) is 11.8 Å². The van der Waals surface area contributed by atoms with Gasteiger partial charge < -0.3 is 10.1 Å². The van der Waals surface area contributed by atoms with Gasteiger partial charge in [0.15, 0.2) is 0 Å². The lowest BCUT2D eigenvalue weighted by atomic mass is 10.0. The monoisotopic (exact) mass is 335 g/mol. The maximum atomic E-state index is 6.31. The molecule has 3 rings (SSSR count). The molecule has 0 saturated carbocycles. The number of anilines is 1. The first kappa shape index (κ1) is 16.2. The summed E-state index contributed by atoms with van der Waals surface area (Å²) < 4.78 is 7.92. The zero-order valence-corrected chi connectivity index (χ0v) is 14.4. The minimum atomic E-state index is 0.00234. The summed E-state index contributed by atoms with van der Waals surface area (Å²) in [5.74, 6) is 0.701. The van der Waals surface area contributed by atoms with Crippen LogP contribution in [-0.4, -0.2) is 52.5 Å². The molecule has 1 saturated heterocycles. The van der Waals surface area contributed by atoms with E-state index in [0.29, 0.717) is 24.0 Å². The number of hydrogen-bond donors (Lipinski definition) is 1. The molecule has 0 radical (unpaired) electrons. The van der Waals surface area contributed by atoms with E-state index in [-0.39, 0.29) is 12.1 Å². The van der Waals surface area contributed by atoms with Crippen molar-refractivity contribution >= 4 is 17.4 Å². The summed E-state index contributed by atoms with van der Waals surface area (Å²) in [6.07, 6.45) is 3.58. The maximum absolute atomic E-state index is 6.31. The normalized spacial score (nSPS) is 22.3. The van der Waals surface area contributed by atoms with Crippen molar-refractivity contribution < 1.29 is 4.74 Å². The highest BCUT2D eigenvalue weighted by molar-refractivity contribution is 6.33. The third-order valence-electron chi connectivity index (χ3n) is 4.32. The zero-order valence-electron chi connectivity index (χ0n) is 13.7. The van der Waals surface area contributed by atoms with Crippen molar-refractivity contribution in [2.24, 2.45) is 7.05 Å². The van der Waals surface area contributed by atoms with Crippen LogP contribution in [0.5, 0.6) is 0 Å². The summed E-state index contributed by atoms with van der Waals surface area (Å²) in [6, 6.07) is 4.09. The van der Waals surface area contributed by atoms with Gasteiger partial charge in [0.2, 0.25) is 0 Å². The lowest BCUT2D eigenvalue weighted by Gasteiger charge is -2.39. The van der Waals surface area contributed by atoms with Crippen LogP contribution in [0.2, 0.25) is 5.02 Å². The Labute approximate surface area is 141 Å². The third-order valence-corrected chi connectivity index (χ3v) is 4.79. The number of aromatic nitrogens is 3. The molecule has 0 bridgehead atoms. The van der Waals surface area contributed by atoms with Crippen LogP contribution in [0, 0.1) is 6.92 Å². The van der Waals surface area contributed by atoms with E-state index in [1.54, 1.807) is 6.20 Å². The Bertz CT molecular complexity index is 674. The molecular formula is C16H22ClN5O. The van der Waals surface area contributed by atoms with Crippen molar-refractivity contribution in [1.29, 1.82) is 0 Å². The van der Waals surface area contributed by atoms with Gasteiger partial charge in [-0.25, -0.2) is 4.98 Å². The fourth-order valence-corrected chi connectivity index (χ4v) is 3.16. The lowest BCUT2D eigenvalue weighted by molar-refractivity contribution is -0.0581. The van der Waals surface area contributed by atoms with E-state index in [0.717, 1.165) is 17.8 Å². The highest BCUT2D eigenvalue weighted by Crippen LogP contribution is 2.29. The number of nitrogens with zero attached hydrogens (tertiary/aromatic N) is 4. The average Bonchev–Trinajstić information content (AvgIpc) is 2.94. The first-order valence-electron chi connectivity index (χ1n) is 7.72. The topological polar surface area (TPSA) is 55.2 Å². The SMILES string of the molecule is Cc1ccnc(NC[C@@H]2OCCN(C)[C@H]2c2ccnn2C)c1Cl. The molecule has 0 spiro atoms. The minimum Gasteiger partial charge on any atom is -0.373 e. The second-order valence-electron chi connectivity index (χ2n) is 5.89.